The van der Waals surface area contributed by atoms with Gasteiger partial charge in [0.2, 0.25) is 0 Å². The van der Waals surface area contributed by atoms with E-state index in [4.69, 9.17) is 5.11 Å². The van der Waals surface area contributed by atoms with Gasteiger partial charge >= 0.3 is 0 Å². The van der Waals surface area contributed by atoms with Gasteiger partial charge in [0.1, 0.15) is 6.29 Å². The van der Waals surface area contributed by atoms with Crippen LogP contribution < -0.4 is 0 Å². The van der Waals surface area contributed by atoms with Gasteiger partial charge in [-0.15, -0.1) is 13.2 Å². The summed E-state index contributed by atoms with van der Waals surface area (Å²) in [7, 11) is 0. The lowest BCUT2D eigenvalue weighted by molar-refractivity contribution is -0.111. The van der Waals surface area contributed by atoms with Crippen molar-refractivity contribution in [2.45, 2.75) is 6.10 Å². The van der Waals surface area contributed by atoms with Gasteiger partial charge in [0.15, 0.2) is 0 Å². The van der Waals surface area contributed by atoms with E-state index in [1.54, 1.807) is 0 Å². The highest BCUT2D eigenvalue weighted by Gasteiger charge is 2.09. The zero-order chi connectivity index (χ0) is 7.28. The Hall–Kier alpha value is -0.890. The molecular formula is C7H10O2. The van der Waals surface area contributed by atoms with E-state index < -0.39 is 12.0 Å². The summed E-state index contributed by atoms with van der Waals surface area (Å²) < 4.78 is 0. The van der Waals surface area contributed by atoms with Gasteiger partial charge in [-0.25, -0.2) is 0 Å². The molecule has 0 saturated heterocycles. The Kier molecular flexibility index (Phi) is 3.64. The number of carbonyl (C=O) groups is 1. The molecule has 0 aliphatic carbocycles. The molecule has 0 aliphatic rings. The van der Waals surface area contributed by atoms with Gasteiger partial charge in [-0.3, -0.25) is 0 Å². The fraction of sp³-hybridized carbons (Fsp3) is 0.286. The normalized spacial score (nSPS) is 15.7. The number of aldehydes is 1. The lowest BCUT2D eigenvalue weighted by Gasteiger charge is -2.06. The molecule has 2 heteroatoms. The van der Waals surface area contributed by atoms with Crippen LogP contribution in [0.2, 0.25) is 0 Å². The van der Waals surface area contributed by atoms with E-state index in [-0.39, 0.29) is 0 Å². The zero-order valence-electron chi connectivity index (χ0n) is 5.16. The van der Waals surface area contributed by atoms with Crippen LogP contribution in [-0.4, -0.2) is 17.5 Å². The first-order valence-electron chi connectivity index (χ1n) is 2.64. The minimum absolute atomic E-state index is 0.512. The quantitative estimate of drug-likeness (QED) is 0.441. The maximum absolute atomic E-state index is 10.1. The van der Waals surface area contributed by atoms with E-state index in [9.17, 15) is 4.79 Å². The summed E-state index contributed by atoms with van der Waals surface area (Å²) in [6.45, 7) is 6.68. The first kappa shape index (κ1) is 8.11. The van der Waals surface area contributed by atoms with Crippen LogP contribution in [0.5, 0.6) is 0 Å². The average Bonchev–Trinajstić information content (AvgIpc) is 1.90. The van der Waals surface area contributed by atoms with E-state index in [0.717, 1.165) is 0 Å². The van der Waals surface area contributed by atoms with Gasteiger partial charge < -0.3 is 9.90 Å². The highest BCUT2D eigenvalue weighted by Crippen LogP contribution is 2.01. The molecule has 2 nitrogen and oxygen atoms in total. The number of hydrogen-bond acceptors (Lipinski definition) is 2. The third kappa shape index (κ3) is 2.24. The number of aliphatic hydroxyl groups is 1. The molecule has 0 heterocycles. The summed E-state index contributed by atoms with van der Waals surface area (Å²) in [5.41, 5.74) is 0. The monoisotopic (exact) mass is 126 g/mol. The Balaban J connectivity index is 3.92. The number of carbonyl (C=O) groups excluding carboxylic acids is 1. The second kappa shape index (κ2) is 4.04. The summed E-state index contributed by atoms with van der Waals surface area (Å²) in [6, 6.07) is 0. The van der Waals surface area contributed by atoms with Crippen LogP contribution in [0, 0.1) is 5.92 Å². The van der Waals surface area contributed by atoms with Crippen molar-refractivity contribution >= 4 is 6.29 Å². The molecule has 0 rings (SSSR count). The van der Waals surface area contributed by atoms with Crippen LogP contribution >= 0.6 is 0 Å². The summed E-state index contributed by atoms with van der Waals surface area (Å²) in [5, 5.41) is 8.90. The molecule has 0 aromatic heterocycles. The summed E-state index contributed by atoms with van der Waals surface area (Å²) >= 11 is 0. The van der Waals surface area contributed by atoms with Crippen molar-refractivity contribution in [1.29, 1.82) is 0 Å². The highest BCUT2D eigenvalue weighted by atomic mass is 16.3. The van der Waals surface area contributed by atoms with E-state index in [1.807, 2.05) is 0 Å². The van der Waals surface area contributed by atoms with Crippen LogP contribution in [0.1, 0.15) is 0 Å². The third-order valence-electron chi connectivity index (χ3n) is 1.07. The molecule has 1 N–H and O–H groups in total. The average molecular weight is 126 g/mol. The fourth-order valence-corrected chi connectivity index (χ4v) is 0.433. The van der Waals surface area contributed by atoms with Gasteiger partial charge in [0.25, 0.3) is 0 Å². The second-order valence-corrected chi connectivity index (χ2v) is 1.68. The van der Waals surface area contributed by atoms with E-state index in [1.165, 1.54) is 12.2 Å². The Morgan fingerprint density at radius 3 is 2.00 bits per heavy atom. The molecule has 0 aliphatic heterocycles. The van der Waals surface area contributed by atoms with Gasteiger partial charge in [0.05, 0.1) is 12.0 Å². The molecule has 0 amide bonds. The van der Waals surface area contributed by atoms with Crippen LogP contribution in [0.3, 0.4) is 0 Å². The molecule has 0 saturated carbocycles. The summed E-state index contributed by atoms with van der Waals surface area (Å²) in [4.78, 5) is 10.1. The predicted molar refractivity (Wildman–Crippen MR) is 36.0 cm³/mol. The maximum atomic E-state index is 10.1. The zero-order valence-corrected chi connectivity index (χ0v) is 5.16. The molecular weight excluding hydrogens is 116 g/mol. The SMILES string of the molecule is C=CC(O)C(C=C)C=O. The maximum Gasteiger partial charge on any atom is 0.129 e. The van der Waals surface area contributed by atoms with E-state index in [0.29, 0.717) is 6.29 Å². The Morgan fingerprint density at radius 2 is 1.89 bits per heavy atom. The molecule has 0 fully saturated rings. The molecule has 0 radical (unpaired) electrons. The summed E-state index contributed by atoms with van der Waals surface area (Å²) in [5.74, 6) is -0.512. The van der Waals surface area contributed by atoms with Crippen molar-refractivity contribution in [3.8, 4) is 0 Å². The van der Waals surface area contributed by atoms with Gasteiger partial charge in [0, 0.05) is 0 Å². The first-order valence-corrected chi connectivity index (χ1v) is 2.64. The predicted octanol–water partition coefficient (Wildman–Crippen LogP) is 0.534. The minimum Gasteiger partial charge on any atom is -0.388 e. The van der Waals surface area contributed by atoms with Crippen molar-refractivity contribution in [3.05, 3.63) is 25.3 Å². The number of hydrogen-bond donors (Lipinski definition) is 1. The lowest BCUT2D eigenvalue weighted by Crippen LogP contribution is -2.16. The molecule has 0 aromatic rings. The Labute approximate surface area is 54.5 Å². The molecule has 0 aromatic carbocycles. The number of rotatable bonds is 4. The van der Waals surface area contributed by atoms with Gasteiger partial charge in [-0.2, -0.15) is 0 Å². The largest absolute Gasteiger partial charge is 0.388 e. The smallest absolute Gasteiger partial charge is 0.129 e. The van der Waals surface area contributed by atoms with Crippen molar-refractivity contribution in [3.63, 3.8) is 0 Å². The topological polar surface area (TPSA) is 37.3 Å². The van der Waals surface area contributed by atoms with Crippen LogP contribution in [0.15, 0.2) is 25.3 Å². The van der Waals surface area contributed by atoms with Gasteiger partial charge in [-0.1, -0.05) is 12.2 Å². The highest BCUT2D eigenvalue weighted by molar-refractivity contribution is 5.57. The number of aliphatic hydroxyl groups excluding tert-OH is 1. The van der Waals surface area contributed by atoms with E-state index >= 15 is 0 Å². The van der Waals surface area contributed by atoms with E-state index in [2.05, 4.69) is 13.2 Å². The molecule has 2 atom stereocenters. The van der Waals surface area contributed by atoms with Crippen molar-refractivity contribution in [2.24, 2.45) is 5.92 Å². The van der Waals surface area contributed by atoms with Crippen molar-refractivity contribution in [1.82, 2.24) is 0 Å². The van der Waals surface area contributed by atoms with Crippen LogP contribution in [0.4, 0.5) is 0 Å². The molecule has 0 spiro atoms. The van der Waals surface area contributed by atoms with Crippen molar-refractivity contribution < 1.29 is 9.90 Å². The standard InChI is InChI=1S/C7H10O2/c1-3-6(5-8)7(9)4-2/h3-7,9H,1-2H2. The molecule has 2 unspecified atom stereocenters. The fourth-order valence-electron chi connectivity index (χ4n) is 0.433. The van der Waals surface area contributed by atoms with Crippen LogP contribution in [-0.2, 0) is 4.79 Å². The molecule has 9 heavy (non-hydrogen) atoms. The van der Waals surface area contributed by atoms with Gasteiger partial charge in [-0.05, 0) is 0 Å². The summed E-state index contributed by atoms with van der Waals surface area (Å²) in [6.07, 6.45) is 2.54. The third-order valence-corrected chi connectivity index (χ3v) is 1.07. The van der Waals surface area contributed by atoms with Crippen molar-refractivity contribution in [2.75, 3.05) is 0 Å². The second-order valence-electron chi connectivity index (χ2n) is 1.68. The Morgan fingerprint density at radius 1 is 1.33 bits per heavy atom. The van der Waals surface area contributed by atoms with Crippen LogP contribution in [0.25, 0.3) is 0 Å². The first-order chi connectivity index (χ1) is 4.26. The minimum atomic E-state index is -0.792. The molecule has 0 bridgehead atoms. The molecule has 50 valence electrons. The lowest BCUT2D eigenvalue weighted by atomic mass is 10.1. The Bertz CT molecular complexity index is 110.